The van der Waals surface area contributed by atoms with E-state index in [1.54, 1.807) is 19.2 Å². The number of carbonyl (C=O) groups is 2. The average molecular weight is 524 g/mol. The lowest BCUT2D eigenvalue weighted by Gasteiger charge is -2.39. The number of ether oxygens (including phenoxy) is 3. The van der Waals surface area contributed by atoms with E-state index in [1.807, 2.05) is 24.3 Å². The van der Waals surface area contributed by atoms with Crippen LogP contribution in [0, 0.1) is 0 Å². The molecule has 1 aliphatic rings. The van der Waals surface area contributed by atoms with Crippen molar-refractivity contribution in [1.29, 1.82) is 0 Å². The van der Waals surface area contributed by atoms with Crippen molar-refractivity contribution < 1.29 is 48.4 Å². The lowest BCUT2D eigenvalue weighted by Crippen LogP contribution is -2.61. The molecule has 0 saturated heterocycles. The molecular formula is C23H29N2O10P. The van der Waals surface area contributed by atoms with Gasteiger partial charge in [0.2, 0.25) is 11.4 Å². The minimum Gasteiger partial charge on any atom is -0.497 e. The number of nitrogens with one attached hydrogen (secondary N) is 1. The van der Waals surface area contributed by atoms with Gasteiger partial charge in [0.1, 0.15) is 30.7 Å². The fourth-order valence-corrected chi connectivity index (χ4v) is 4.45. The van der Waals surface area contributed by atoms with Crippen molar-refractivity contribution in [2.75, 3.05) is 13.7 Å². The number of hydrogen-bond acceptors (Lipinski definition) is 9. The molecule has 2 aromatic carbocycles. The van der Waals surface area contributed by atoms with Crippen molar-refractivity contribution in [2.45, 2.75) is 43.7 Å². The van der Waals surface area contributed by atoms with E-state index in [1.165, 1.54) is 6.92 Å². The number of aliphatic hydroxyl groups is 2. The largest absolute Gasteiger partial charge is 0.497 e. The zero-order valence-corrected chi connectivity index (χ0v) is 20.5. The van der Waals surface area contributed by atoms with Gasteiger partial charge in [0.25, 0.3) is 0 Å². The van der Waals surface area contributed by atoms with E-state index in [9.17, 15) is 34.2 Å². The Morgan fingerprint density at radius 2 is 1.83 bits per heavy atom. The number of hydrogen-bond donors (Lipinski definition) is 6. The maximum absolute atomic E-state index is 12.3. The summed E-state index contributed by atoms with van der Waals surface area (Å²) in [4.78, 5) is 42.8. The first-order chi connectivity index (χ1) is 16.9. The van der Waals surface area contributed by atoms with Gasteiger partial charge in [-0.15, -0.1) is 0 Å². The third-order valence-corrected chi connectivity index (χ3v) is 6.45. The molecule has 36 heavy (non-hydrogen) atoms. The van der Waals surface area contributed by atoms with Crippen molar-refractivity contribution in [2.24, 2.45) is 5.73 Å². The van der Waals surface area contributed by atoms with Gasteiger partial charge in [-0.25, -0.2) is 0 Å². The summed E-state index contributed by atoms with van der Waals surface area (Å²) in [6.45, 7) is 0.543. The molecule has 1 heterocycles. The highest BCUT2D eigenvalue weighted by Gasteiger charge is 2.44. The van der Waals surface area contributed by atoms with Gasteiger partial charge in [0.05, 0.1) is 25.6 Å². The van der Waals surface area contributed by atoms with Crippen LogP contribution in [0.1, 0.15) is 12.5 Å². The Morgan fingerprint density at radius 1 is 1.17 bits per heavy atom. The molecule has 1 aliphatic heterocycles. The maximum Gasteiger partial charge on any atom is 0.390 e. The summed E-state index contributed by atoms with van der Waals surface area (Å²) in [5.74, 6) is -0.516. The molecule has 3 rings (SSSR count). The molecule has 0 radical (unpaired) electrons. The van der Waals surface area contributed by atoms with Crippen LogP contribution in [0.25, 0.3) is 10.8 Å². The smallest absolute Gasteiger partial charge is 0.390 e. The number of aliphatic hydroxyl groups excluding tert-OH is 2. The number of rotatable bonds is 9. The van der Waals surface area contributed by atoms with Crippen LogP contribution in [-0.4, -0.2) is 76.0 Å². The molecule has 12 nitrogen and oxygen atoms in total. The first-order valence-corrected chi connectivity index (χ1v) is 12.6. The van der Waals surface area contributed by atoms with Gasteiger partial charge in [-0.1, -0.05) is 24.3 Å². The van der Waals surface area contributed by atoms with Crippen LogP contribution in [0.3, 0.4) is 0 Å². The molecule has 13 heteroatoms. The van der Waals surface area contributed by atoms with E-state index >= 15 is 0 Å². The molecule has 2 aromatic rings. The molecule has 5 atom stereocenters. The highest BCUT2D eigenvalue weighted by atomic mass is 31.2. The van der Waals surface area contributed by atoms with E-state index in [0.29, 0.717) is 11.3 Å². The van der Waals surface area contributed by atoms with Gasteiger partial charge >= 0.3 is 13.6 Å². The zero-order valence-electron chi connectivity index (χ0n) is 19.6. The van der Waals surface area contributed by atoms with Gasteiger partial charge in [0, 0.05) is 6.92 Å². The third kappa shape index (κ3) is 6.82. The lowest BCUT2D eigenvalue weighted by molar-refractivity contribution is -0.152. The molecule has 0 unspecified atom stereocenters. The van der Waals surface area contributed by atoms with Crippen LogP contribution in [0.2, 0.25) is 0 Å². The number of esters is 1. The first kappa shape index (κ1) is 27.6. The number of nitrogens with two attached hydrogens (primary N) is 1. The lowest BCUT2D eigenvalue weighted by atomic mass is 9.94. The van der Waals surface area contributed by atoms with Crippen LogP contribution in [0.5, 0.6) is 5.75 Å². The van der Waals surface area contributed by atoms with Gasteiger partial charge in [-0.3, -0.25) is 14.2 Å². The predicted molar refractivity (Wildman–Crippen MR) is 128 cm³/mol. The van der Waals surface area contributed by atoms with Crippen LogP contribution in [0.15, 0.2) is 48.0 Å². The first-order valence-electron chi connectivity index (χ1n) is 10.9. The molecular weight excluding hydrogens is 495 g/mol. The van der Waals surface area contributed by atoms with Crippen LogP contribution < -0.4 is 15.8 Å². The molecule has 196 valence electrons. The summed E-state index contributed by atoms with van der Waals surface area (Å²) in [5, 5.41) is 25.3. The second kappa shape index (κ2) is 11.4. The van der Waals surface area contributed by atoms with E-state index in [2.05, 4.69) is 5.32 Å². The Hall–Kier alpha value is -2.99. The Morgan fingerprint density at radius 3 is 2.47 bits per heavy atom. The Kier molecular flexibility index (Phi) is 8.72. The van der Waals surface area contributed by atoms with Gasteiger partial charge in [0.15, 0.2) is 0 Å². The summed E-state index contributed by atoms with van der Waals surface area (Å²) >= 11 is 0. The van der Waals surface area contributed by atoms with E-state index < -0.39 is 62.0 Å². The standard InChI is InChI=1S/C23H29N2O10P/c1-12(26)25-21-17(24)10-20(36(30,31)32)35-23(21)22(29)18(27)11-34-19(28)8-13-3-4-15-9-16(33-2)6-5-14(15)7-13/h3-7,9-10,17-18,21-23,27,29H,8,11,24H2,1-2H3,(H,25,26)(H2,30,31,32)/t17-,18+,21+,22+,23+/m0/s1. The van der Waals surface area contributed by atoms with Crippen LogP contribution in [0.4, 0.5) is 0 Å². The predicted octanol–water partition coefficient (Wildman–Crippen LogP) is -0.0942. The summed E-state index contributed by atoms with van der Waals surface area (Å²) in [5.41, 5.74) is 5.78. The minimum absolute atomic E-state index is 0.102. The van der Waals surface area contributed by atoms with E-state index in [4.69, 9.17) is 19.9 Å². The van der Waals surface area contributed by atoms with Crippen molar-refractivity contribution in [3.63, 3.8) is 0 Å². The quantitative estimate of drug-likeness (QED) is 0.189. The molecule has 0 aromatic heterocycles. The third-order valence-electron chi connectivity index (χ3n) is 5.62. The average Bonchev–Trinajstić information content (AvgIpc) is 2.81. The highest BCUT2D eigenvalue weighted by Crippen LogP contribution is 2.48. The maximum atomic E-state index is 12.3. The van der Waals surface area contributed by atoms with Gasteiger partial charge in [-0.05, 0) is 34.5 Å². The second-order valence-corrected chi connectivity index (χ2v) is 9.93. The normalized spacial score (nSPS) is 21.6. The monoisotopic (exact) mass is 524 g/mol. The summed E-state index contributed by atoms with van der Waals surface area (Å²) in [6.07, 6.45) is -4.21. The Labute approximate surface area is 206 Å². The Balaban J connectivity index is 1.64. The molecule has 7 N–H and O–H groups in total. The fraction of sp³-hybridized carbons (Fsp3) is 0.391. The fourth-order valence-electron chi connectivity index (χ4n) is 3.82. The summed E-state index contributed by atoms with van der Waals surface area (Å²) < 4.78 is 27.1. The van der Waals surface area contributed by atoms with E-state index in [-0.39, 0.29) is 6.42 Å². The summed E-state index contributed by atoms with van der Waals surface area (Å²) in [7, 11) is -3.31. The molecule has 1 amide bonds. The van der Waals surface area contributed by atoms with Crippen LogP contribution in [-0.2, 0) is 30.0 Å². The molecule has 0 spiro atoms. The Bertz CT molecular complexity index is 1200. The second-order valence-electron chi connectivity index (χ2n) is 8.40. The van der Waals surface area contributed by atoms with Crippen molar-refractivity contribution in [3.05, 3.63) is 53.5 Å². The number of methoxy groups -OCH3 is 1. The van der Waals surface area contributed by atoms with Gasteiger partial charge in [-0.2, -0.15) is 0 Å². The molecule has 0 fully saturated rings. The number of fused-ring (bicyclic) bond motifs is 1. The van der Waals surface area contributed by atoms with E-state index in [0.717, 1.165) is 16.8 Å². The summed E-state index contributed by atoms with van der Waals surface area (Å²) in [6, 6.07) is 8.65. The minimum atomic E-state index is -4.88. The molecule has 0 bridgehead atoms. The highest BCUT2D eigenvalue weighted by molar-refractivity contribution is 7.56. The topological polar surface area (TPSA) is 198 Å². The van der Waals surface area contributed by atoms with Crippen molar-refractivity contribution in [1.82, 2.24) is 5.32 Å². The zero-order chi connectivity index (χ0) is 26.6. The molecule has 0 saturated carbocycles. The number of benzene rings is 2. The number of carbonyl (C=O) groups excluding carboxylic acids is 2. The van der Waals surface area contributed by atoms with Gasteiger partial charge < -0.3 is 45.3 Å². The van der Waals surface area contributed by atoms with Crippen molar-refractivity contribution >= 4 is 30.2 Å². The van der Waals surface area contributed by atoms with Crippen LogP contribution >= 0.6 is 7.60 Å². The number of amides is 1. The SMILES string of the molecule is COc1ccc2cc(CC(=O)OC[C@@H](O)[C@@H](O)[C@@H]3OC(P(=O)(O)O)=C[C@H](N)[C@H]3NC(C)=O)ccc2c1. The van der Waals surface area contributed by atoms with Crippen molar-refractivity contribution in [3.8, 4) is 5.75 Å². The molecule has 0 aliphatic carbocycles.